The standard InChI is InChI=1S/C20H21N5O3/c1-3-6-24-10-15(12(2)26)14-9-13(4-5-16(14)24)25-7-8-28-19-17(20(25)27)18(21)22-11-23-19/h4-5,9-11H,3,6-8H2,1-2H3,(H2,21,22,23). The highest BCUT2D eigenvalue weighted by Gasteiger charge is 2.29. The number of rotatable bonds is 4. The summed E-state index contributed by atoms with van der Waals surface area (Å²) in [5.74, 6) is -0.0473. The molecule has 0 radical (unpaired) electrons. The maximum absolute atomic E-state index is 13.1. The van der Waals surface area contributed by atoms with E-state index in [-0.39, 0.29) is 35.6 Å². The van der Waals surface area contributed by atoms with Gasteiger partial charge in [0.25, 0.3) is 5.91 Å². The zero-order valence-corrected chi connectivity index (χ0v) is 15.8. The van der Waals surface area contributed by atoms with Crippen LogP contribution in [0, 0.1) is 0 Å². The number of carbonyl (C=O) groups is 2. The molecule has 0 unspecified atom stereocenters. The van der Waals surface area contributed by atoms with Gasteiger partial charge in [0, 0.05) is 34.9 Å². The molecule has 1 aliphatic rings. The van der Waals surface area contributed by atoms with Crippen LogP contribution in [0.25, 0.3) is 10.9 Å². The lowest BCUT2D eigenvalue weighted by molar-refractivity contribution is 0.0988. The van der Waals surface area contributed by atoms with E-state index in [1.807, 2.05) is 24.4 Å². The molecule has 2 aromatic heterocycles. The van der Waals surface area contributed by atoms with E-state index in [0.29, 0.717) is 17.8 Å². The van der Waals surface area contributed by atoms with Gasteiger partial charge in [0.2, 0.25) is 5.88 Å². The Labute approximate surface area is 161 Å². The number of aryl methyl sites for hydroxylation is 1. The van der Waals surface area contributed by atoms with Gasteiger partial charge in [-0.1, -0.05) is 6.92 Å². The van der Waals surface area contributed by atoms with Crippen molar-refractivity contribution >= 4 is 34.1 Å². The van der Waals surface area contributed by atoms with Crippen LogP contribution in [0.1, 0.15) is 41.0 Å². The monoisotopic (exact) mass is 379 g/mol. The van der Waals surface area contributed by atoms with Crippen LogP contribution in [0.15, 0.2) is 30.7 Å². The topological polar surface area (TPSA) is 103 Å². The minimum Gasteiger partial charge on any atom is -0.475 e. The van der Waals surface area contributed by atoms with Gasteiger partial charge in [-0.25, -0.2) is 9.97 Å². The molecule has 1 aliphatic heterocycles. The third-order valence-corrected chi connectivity index (χ3v) is 4.87. The summed E-state index contributed by atoms with van der Waals surface area (Å²) in [6.07, 6.45) is 4.12. The minimum absolute atomic E-state index is 0.00878. The van der Waals surface area contributed by atoms with Crippen molar-refractivity contribution in [2.45, 2.75) is 26.8 Å². The fourth-order valence-corrected chi connectivity index (χ4v) is 3.57. The summed E-state index contributed by atoms with van der Waals surface area (Å²) in [4.78, 5) is 34.8. The SMILES string of the molecule is CCCn1cc(C(C)=O)c2cc(N3CCOc4ncnc(N)c4C3=O)ccc21. The average molecular weight is 379 g/mol. The van der Waals surface area contributed by atoms with Crippen LogP contribution in [0.5, 0.6) is 5.88 Å². The van der Waals surface area contributed by atoms with Gasteiger partial charge < -0.3 is 19.9 Å². The zero-order valence-electron chi connectivity index (χ0n) is 15.8. The first-order valence-corrected chi connectivity index (χ1v) is 9.20. The predicted octanol–water partition coefficient (Wildman–Crippen LogP) is 2.67. The van der Waals surface area contributed by atoms with E-state index in [0.717, 1.165) is 23.9 Å². The van der Waals surface area contributed by atoms with Crippen molar-refractivity contribution in [3.8, 4) is 5.88 Å². The molecule has 0 bridgehead atoms. The number of nitrogens with zero attached hydrogens (tertiary/aromatic N) is 4. The summed E-state index contributed by atoms with van der Waals surface area (Å²) in [5.41, 5.74) is 8.36. The van der Waals surface area contributed by atoms with Gasteiger partial charge in [0.05, 0.1) is 6.54 Å². The number of amides is 1. The smallest absolute Gasteiger partial charge is 0.267 e. The zero-order chi connectivity index (χ0) is 19.8. The van der Waals surface area contributed by atoms with E-state index in [1.54, 1.807) is 11.8 Å². The molecule has 0 atom stereocenters. The van der Waals surface area contributed by atoms with Gasteiger partial charge in [-0.15, -0.1) is 0 Å². The Morgan fingerprint density at radius 1 is 1.32 bits per heavy atom. The molecule has 0 aliphatic carbocycles. The van der Waals surface area contributed by atoms with Crippen molar-refractivity contribution < 1.29 is 14.3 Å². The molecule has 0 fully saturated rings. The minimum atomic E-state index is -0.317. The Balaban J connectivity index is 1.83. The lowest BCUT2D eigenvalue weighted by atomic mass is 10.1. The summed E-state index contributed by atoms with van der Waals surface area (Å²) >= 11 is 0. The molecule has 1 amide bonds. The summed E-state index contributed by atoms with van der Waals surface area (Å²) in [6, 6.07) is 5.69. The largest absolute Gasteiger partial charge is 0.475 e. The Morgan fingerprint density at radius 3 is 2.89 bits per heavy atom. The molecule has 1 aromatic carbocycles. The first-order chi connectivity index (χ1) is 13.5. The number of ether oxygens (including phenoxy) is 1. The van der Waals surface area contributed by atoms with Crippen LogP contribution in [0.3, 0.4) is 0 Å². The summed E-state index contributed by atoms with van der Waals surface area (Å²) in [5, 5.41) is 0.828. The van der Waals surface area contributed by atoms with Crippen LogP contribution in [0.4, 0.5) is 11.5 Å². The highest BCUT2D eigenvalue weighted by Crippen LogP contribution is 2.31. The van der Waals surface area contributed by atoms with Crippen LogP contribution in [0.2, 0.25) is 0 Å². The van der Waals surface area contributed by atoms with Gasteiger partial charge in [-0.05, 0) is 31.5 Å². The number of fused-ring (bicyclic) bond motifs is 2. The van der Waals surface area contributed by atoms with E-state index in [1.165, 1.54) is 6.33 Å². The van der Waals surface area contributed by atoms with Gasteiger partial charge >= 0.3 is 0 Å². The molecule has 4 rings (SSSR count). The van der Waals surface area contributed by atoms with E-state index >= 15 is 0 Å². The number of nitrogen functional groups attached to an aromatic ring is 1. The third kappa shape index (κ3) is 2.87. The summed E-state index contributed by atoms with van der Waals surface area (Å²) in [7, 11) is 0. The number of benzene rings is 1. The number of hydrogen-bond acceptors (Lipinski definition) is 6. The maximum atomic E-state index is 13.1. The molecule has 3 aromatic rings. The first-order valence-electron chi connectivity index (χ1n) is 9.20. The fraction of sp³-hybridized carbons (Fsp3) is 0.300. The van der Waals surface area contributed by atoms with Crippen LogP contribution in [-0.2, 0) is 6.54 Å². The van der Waals surface area contributed by atoms with Crippen LogP contribution < -0.4 is 15.4 Å². The van der Waals surface area contributed by atoms with Crippen molar-refractivity contribution in [1.82, 2.24) is 14.5 Å². The van der Waals surface area contributed by atoms with Crippen molar-refractivity contribution in [3.63, 3.8) is 0 Å². The van der Waals surface area contributed by atoms with Crippen molar-refractivity contribution in [3.05, 3.63) is 41.9 Å². The number of Topliss-reactive ketones (excluding diaryl/α,β-unsaturated/α-hetero) is 1. The molecule has 3 heterocycles. The van der Waals surface area contributed by atoms with Gasteiger partial charge in [-0.2, -0.15) is 0 Å². The lowest BCUT2D eigenvalue weighted by Gasteiger charge is -2.20. The molecule has 144 valence electrons. The number of nitrogens with two attached hydrogens (primary N) is 1. The Bertz CT molecular complexity index is 1090. The molecule has 8 heteroatoms. The Morgan fingerprint density at radius 2 is 2.14 bits per heavy atom. The van der Waals surface area contributed by atoms with E-state index in [9.17, 15) is 9.59 Å². The van der Waals surface area contributed by atoms with Crippen LogP contribution >= 0.6 is 0 Å². The Kier molecular flexibility index (Phi) is 4.46. The second-order valence-corrected chi connectivity index (χ2v) is 6.74. The normalized spacial score (nSPS) is 13.9. The van der Waals surface area contributed by atoms with Crippen molar-refractivity contribution in [2.75, 3.05) is 23.8 Å². The molecule has 0 spiro atoms. The van der Waals surface area contributed by atoms with Gasteiger partial charge in [0.1, 0.15) is 24.3 Å². The van der Waals surface area contributed by atoms with Gasteiger partial charge in [0.15, 0.2) is 5.78 Å². The predicted molar refractivity (Wildman–Crippen MR) is 106 cm³/mol. The molecular weight excluding hydrogens is 358 g/mol. The lowest BCUT2D eigenvalue weighted by Crippen LogP contribution is -2.32. The number of anilines is 2. The average Bonchev–Trinajstić information content (AvgIpc) is 2.93. The Hall–Kier alpha value is -3.42. The number of carbonyl (C=O) groups excluding carboxylic acids is 2. The molecule has 8 nitrogen and oxygen atoms in total. The van der Waals surface area contributed by atoms with Crippen molar-refractivity contribution in [2.24, 2.45) is 0 Å². The van der Waals surface area contributed by atoms with E-state index < -0.39 is 0 Å². The fourth-order valence-electron chi connectivity index (χ4n) is 3.57. The highest BCUT2D eigenvalue weighted by atomic mass is 16.5. The molecule has 28 heavy (non-hydrogen) atoms. The van der Waals surface area contributed by atoms with Crippen molar-refractivity contribution in [1.29, 1.82) is 0 Å². The third-order valence-electron chi connectivity index (χ3n) is 4.87. The maximum Gasteiger partial charge on any atom is 0.267 e. The van der Waals surface area contributed by atoms with E-state index in [4.69, 9.17) is 10.5 Å². The quantitative estimate of drug-likeness (QED) is 0.699. The highest BCUT2D eigenvalue weighted by molar-refractivity contribution is 6.12. The first kappa shape index (κ1) is 18.0. The van der Waals surface area contributed by atoms with E-state index in [2.05, 4.69) is 21.5 Å². The number of ketones is 1. The molecule has 2 N–H and O–H groups in total. The second-order valence-electron chi connectivity index (χ2n) is 6.74. The molecule has 0 saturated carbocycles. The molecular formula is C20H21N5O3. The molecule has 0 saturated heterocycles. The summed E-state index contributed by atoms with van der Waals surface area (Å²) < 4.78 is 7.66. The van der Waals surface area contributed by atoms with Crippen LogP contribution in [-0.4, -0.2) is 39.4 Å². The second kappa shape index (κ2) is 6.95. The number of aromatic nitrogens is 3. The summed E-state index contributed by atoms with van der Waals surface area (Å²) in [6.45, 7) is 5.08. The number of hydrogen-bond donors (Lipinski definition) is 1. The van der Waals surface area contributed by atoms with Gasteiger partial charge in [-0.3, -0.25) is 9.59 Å².